The molecule has 3 aromatic rings. The van der Waals surface area contributed by atoms with E-state index in [1.54, 1.807) is 18.1 Å². The van der Waals surface area contributed by atoms with E-state index in [-0.39, 0.29) is 0 Å². The van der Waals surface area contributed by atoms with Gasteiger partial charge in [-0.1, -0.05) is 18.7 Å². The van der Waals surface area contributed by atoms with Crippen molar-refractivity contribution < 1.29 is 0 Å². The van der Waals surface area contributed by atoms with Gasteiger partial charge < -0.3 is 4.90 Å². The second-order valence-electron chi connectivity index (χ2n) is 5.55. The maximum absolute atomic E-state index is 4.44. The molecule has 1 aliphatic rings. The first-order chi connectivity index (χ1) is 10.9. The molecule has 0 aliphatic carbocycles. The maximum Gasteiger partial charge on any atom is 0.242 e. The number of fused-ring (bicyclic) bond motifs is 3. The molecular weight excluding hydrogens is 298 g/mol. The number of thioether (sulfide) groups is 1. The zero-order chi connectivity index (χ0) is 14.9. The van der Waals surface area contributed by atoms with Crippen LogP contribution in [0.2, 0.25) is 0 Å². The fourth-order valence-electron chi connectivity index (χ4n) is 2.92. The number of nitrogens with zero attached hydrogens (tertiary/aromatic N) is 7. The summed E-state index contributed by atoms with van der Waals surface area (Å²) in [6.07, 6.45) is 6.48. The lowest BCUT2D eigenvalue weighted by atomic mass is 10.1. The smallest absolute Gasteiger partial charge is 0.242 e. The molecule has 0 spiro atoms. The summed E-state index contributed by atoms with van der Waals surface area (Å²) in [4.78, 5) is 6.81. The molecule has 0 radical (unpaired) electrons. The SMILES string of the molecule is CCCSc1nnc2cc(N3CCCCC3)n3ncnc3n12. The van der Waals surface area contributed by atoms with Crippen LogP contribution in [0, 0.1) is 0 Å². The van der Waals surface area contributed by atoms with Gasteiger partial charge in [0.1, 0.15) is 12.1 Å². The Bertz CT molecular complexity index is 787. The first-order valence-electron chi connectivity index (χ1n) is 7.84. The largest absolute Gasteiger partial charge is 0.356 e. The zero-order valence-electron chi connectivity index (χ0n) is 12.6. The topological polar surface area (TPSA) is 63.6 Å². The van der Waals surface area contributed by atoms with Gasteiger partial charge in [-0.15, -0.1) is 10.2 Å². The van der Waals surface area contributed by atoms with Crippen LogP contribution in [0.25, 0.3) is 11.4 Å². The van der Waals surface area contributed by atoms with Crippen molar-refractivity contribution in [2.75, 3.05) is 23.7 Å². The van der Waals surface area contributed by atoms with Gasteiger partial charge in [-0.3, -0.25) is 0 Å². The van der Waals surface area contributed by atoms with E-state index in [1.165, 1.54) is 19.3 Å². The van der Waals surface area contributed by atoms with E-state index in [0.717, 1.165) is 47.7 Å². The molecule has 22 heavy (non-hydrogen) atoms. The fourth-order valence-corrected chi connectivity index (χ4v) is 3.71. The lowest BCUT2D eigenvalue weighted by Crippen LogP contribution is -2.31. The summed E-state index contributed by atoms with van der Waals surface area (Å²) < 4.78 is 3.92. The molecule has 4 rings (SSSR count). The Morgan fingerprint density at radius 3 is 2.86 bits per heavy atom. The first kappa shape index (κ1) is 13.8. The van der Waals surface area contributed by atoms with Crippen molar-refractivity contribution in [2.45, 2.75) is 37.8 Å². The molecule has 0 atom stereocenters. The van der Waals surface area contributed by atoms with Gasteiger partial charge in [0.2, 0.25) is 5.78 Å². The van der Waals surface area contributed by atoms with Crippen LogP contribution < -0.4 is 4.90 Å². The van der Waals surface area contributed by atoms with Gasteiger partial charge >= 0.3 is 0 Å². The van der Waals surface area contributed by atoms with Gasteiger partial charge in [-0.2, -0.15) is 14.6 Å². The van der Waals surface area contributed by atoms with Gasteiger partial charge in [-0.05, 0) is 25.7 Å². The Kier molecular flexibility index (Phi) is 3.61. The molecule has 4 heterocycles. The summed E-state index contributed by atoms with van der Waals surface area (Å²) in [6, 6.07) is 2.08. The molecule has 0 saturated carbocycles. The van der Waals surface area contributed by atoms with Crippen LogP contribution in [-0.4, -0.2) is 48.0 Å². The average molecular weight is 317 g/mol. The predicted molar refractivity (Wildman–Crippen MR) is 86.6 cm³/mol. The summed E-state index contributed by atoms with van der Waals surface area (Å²) >= 11 is 1.71. The lowest BCUT2D eigenvalue weighted by molar-refractivity contribution is 0.568. The highest BCUT2D eigenvalue weighted by Crippen LogP contribution is 2.25. The molecule has 0 N–H and O–H groups in total. The molecule has 0 amide bonds. The standard InChI is InChI=1S/C14H19N7S/c1-2-8-22-14-18-17-11-9-12(19-6-4-3-5-7-19)21-13(20(11)14)15-10-16-21/h9-10H,2-8H2,1H3. The fraction of sp³-hybridized carbons (Fsp3) is 0.571. The summed E-state index contributed by atoms with van der Waals surface area (Å²) in [6.45, 7) is 4.30. The quantitative estimate of drug-likeness (QED) is 0.688. The molecule has 1 fully saturated rings. The van der Waals surface area contributed by atoms with E-state index in [9.17, 15) is 0 Å². The van der Waals surface area contributed by atoms with Crippen molar-refractivity contribution in [3.63, 3.8) is 0 Å². The van der Waals surface area contributed by atoms with Gasteiger partial charge in [0, 0.05) is 24.9 Å². The van der Waals surface area contributed by atoms with E-state index in [4.69, 9.17) is 0 Å². The first-order valence-corrected chi connectivity index (χ1v) is 8.82. The summed E-state index contributed by atoms with van der Waals surface area (Å²) in [5.41, 5.74) is 0.847. The minimum absolute atomic E-state index is 0.793. The van der Waals surface area contributed by atoms with Crippen LogP contribution in [0.5, 0.6) is 0 Å². The molecule has 1 aliphatic heterocycles. The highest BCUT2D eigenvalue weighted by molar-refractivity contribution is 7.99. The number of rotatable bonds is 4. The zero-order valence-corrected chi connectivity index (χ0v) is 13.5. The highest BCUT2D eigenvalue weighted by atomic mass is 32.2. The van der Waals surface area contributed by atoms with Crippen LogP contribution in [0.3, 0.4) is 0 Å². The predicted octanol–water partition coefficient (Wildman–Crippen LogP) is 2.26. The minimum Gasteiger partial charge on any atom is -0.356 e. The molecule has 0 aromatic carbocycles. The van der Waals surface area contributed by atoms with E-state index in [0.29, 0.717) is 0 Å². The number of piperidine rings is 1. The Morgan fingerprint density at radius 1 is 1.18 bits per heavy atom. The lowest BCUT2D eigenvalue weighted by Gasteiger charge is -2.28. The summed E-state index contributed by atoms with van der Waals surface area (Å²) in [7, 11) is 0. The highest BCUT2D eigenvalue weighted by Gasteiger charge is 2.19. The number of anilines is 1. The van der Waals surface area contributed by atoms with Crippen molar-refractivity contribution in [3.8, 4) is 0 Å². The molecule has 0 unspecified atom stereocenters. The summed E-state index contributed by atoms with van der Waals surface area (Å²) in [5.74, 6) is 2.88. The molecule has 0 bridgehead atoms. The second-order valence-corrected chi connectivity index (χ2v) is 6.61. The monoisotopic (exact) mass is 317 g/mol. The van der Waals surface area contributed by atoms with Gasteiger partial charge in [0.15, 0.2) is 10.8 Å². The second kappa shape index (κ2) is 5.75. The normalized spacial score (nSPS) is 16.0. The third kappa shape index (κ3) is 2.22. The average Bonchev–Trinajstić information content (AvgIpc) is 3.19. The van der Waals surface area contributed by atoms with Gasteiger partial charge in [0.25, 0.3) is 0 Å². The van der Waals surface area contributed by atoms with Crippen molar-refractivity contribution in [1.82, 2.24) is 29.2 Å². The molecule has 3 aromatic heterocycles. The number of hydrogen-bond donors (Lipinski definition) is 0. The van der Waals surface area contributed by atoms with Crippen LogP contribution in [0.4, 0.5) is 5.82 Å². The molecular formula is C14H19N7S. The van der Waals surface area contributed by atoms with E-state index in [2.05, 4.69) is 38.2 Å². The molecule has 7 nitrogen and oxygen atoms in total. The van der Waals surface area contributed by atoms with E-state index in [1.807, 2.05) is 8.92 Å². The Morgan fingerprint density at radius 2 is 2.05 bits per heavy atom. The van der Waals surface area contributed by atoms with E-state index >= 15 is 0 Å². The third-order valence-electron chi connectivity index (χ3n) is 3.98. The van der Waals surface area contributed by atoms with Gasteiger partial charge in [-0.25, -0.2) is 4.40 Å². The number of aromatic nitrogens is 6. The third-order valence-corrected chi connectivity index (χ3v) is 5.11. The van der Waals surface area contributed by atoms with Crippen molar-refractivity contribution in [2.24, 2.45) is 0 Å². The molecule has 1 saturated heterocycles. The van der Waals surface area contributed by atoms with Gasteiger partial charge in [0.05, 0.1) is 0 Å². The van der Waals surface area contributed by atoms with Crippen LogP contribution in [-0.2, 0) is 0 Å². The van der Waals surface area contributed by atoms with Crippen molar-refractivity contribution in [1.29, 1.82) is 0 Å². The summed E-state index contributed by atoms with van der Waals surface area (Å²) in [5, 5.41) is 14.0. The molecule has 8 heteroatoms. The van der Waals surface area contributed by atoms with Crippen molar-refractivity contribution in [3.05, 3.63) is 12.4 Å². The van der Waals surface area contributed by atoms with E-state index < -0.39 is 0 Å². The van der Waals surface area contributed by atoms with Crippen molar-refractivity contribution >= 4 is 29.0 Å². The Hall–Kier alpha value is -1.83. The van der Waals surface area contributed by atoms with Crippen LogP contribution in [0.1, 0.15) is 32.6 Å². The minimum atomic E-state index is 0.793. The molecule has 116 valence electrons. The number of hydrogen-bond acceptors (Lipinski definition) is 6. The van der Waals surface area contributed by atoms with Crippen LogP contribution >= 0.6 is 11.8 Å². The Balaban J connectivity index is 1.86. The van der Waals surface area contributed by atoms with Crippen LogP contribution in [0.15, 0.2) is 17.6 Å². The maximum atomic E-state index is 4.44. The Labute approximate surface area is 132 Å².